The number of halogens is 1. The molecule has 0 atom stereocenters. The van der Waals surface area contributed by atoms with Crippen LogP contribution in [0.1, 0.15) is 48.0 Å². The molecule has 0 unspecified atom stereocenters. The second kappa shape index (κ2) is 11.6. The summed E-state index contributed by atoms with van der Waals surface area (Å²) >= 11 is 0. The Morgan fingerprint density at radius 1 is 1.05 bits per heavy atom. The third-order valence-corrected chi connectivity index (χ3v) is 6.64. The molecule has 0 fully saturated rings. The molecule has 3 heterocycles. The van der Waals surface area contributed by atoms with E-state index in [4.69, 9.17) is 0 Å². The number of hydrogen-bond donors (Lipinski definition) is 0. The maximum Gasteiger partial charge on any atom is 0.276 e. The zero-order valence-electron chi connectivity index (χ0n) is 21.9. The van der Waals surface area contributed by atoms with Crippen molar-refractivity contribution in [2.45, 2.75) is 53.2 Å². The summed E-state index contributed by atoms with van der Waals surface area (Å²) in [6.07, 6.45) is 2.26. The van der Waals surface area contributed by atoms with Gasteiger partial charge in [0.2, 0.25) is 5.91 Å². The summed E-state index contributed by atoms with van der Waals surface area (Å²) in [4.78, 5) is 41.3. The van der Waals surface area contributed by atoms with Crippen LogP contribution in [0.15, 0.2) is 42.6 Å². The molecule has 9 nitrogen and oxygen atoms in total. The number of fused-ring (bicyclic) bond motifs is 1. The monoisotopic (exact) mass is 507 g/mol. The summed E-state index contributed by atoms with van der Waals surface area (Å²) in [6.45, 7) is 10.5. The Balaban J connectivity index is 1.72. The Morgan fingerprint density at radius 2 is 1.86 bits per heavy atom. The summed E-state index contributed by atoms with van der Waals surface area (Å²) < 4.78 is 16.1. The molecule has 0 saturated carbocycles. The van der Waals surface area contributed by atoms with Crippen LogP contribution in [0.25, 0.3) is 0 Å². The van der Waals surface area contributed by atoms with Crippen molar-refractivity contribution in [3.8, 4) is 0 Å². The van der Waals surface area contributed by atoms with Gasteiger partial charge in [-0.1, -0.05) is 12.1 Å². The minimum absolute atomic E-state index is 0.0570. The molecule has 1 aliphatic rings. The van der Waals surface area contributed by atoms with Crippen LogP contribution in [0.2, 0.25) is 0 Å². The Morgan fingerprint density at radius 3 is 2.54 bits per heavy atom. The van der Waals surface area contributed by atoms with Gasteiger partial charge in [0.1, 0.15) is 29.7 Å². The van der Waals surface area contributed by atoms with Gasteiger partial charge in [0.25, 0.3) is 5.91 Å². The lowest BCUT2D eigenvalue weighted by Gasteiger charge is -2.30. The summed E-state index contributed by atoms with van der Waals surface area (Å²) in [7, 11) is 0. The Hall–Kier alpha value is -3.66. The van der Waals surface area contributed by atoms with E-state index in [1.807, 2.05) is 6.92 Å². The predicted octanol–water partition coefficient (Wildman–Crippen LogP) is 3.22. The molecular formula is C27H34FN7O2. The molecule has 0 spiro atoms. The Kier molecular flexibility index (Phi) is 8.27. The minimum atomic E-state index is -0.442. The number of aryl methyl sites for hydroxylation is 2. The zero-order valence-corrected chi connectivity index (χ0v) is 21.9. The lowest BCUT2D eigenvalue weighted by atomic mass is 10.1. The van der Waals surface area contributed by atoms with Crippen LogP contribution in [0, 0.1) is 19.7 Å². The van der Waals surface area contributed by atoms with Gasteiger partial charge in [0.15, 0.2) is 0 Å². The molecular weight excluding hydrogens is 473 g/mol. The molecule has 0 aliphatic carbocycles. The molecule has 0 bridgehead atoms. The average molecular weight is 508 g/mol. The Labute approximate surface area is 216 Å². The smallest absolute Gasteiger partial charge is 0.276 e. The molecule has 196 valence electrons. The number of benzene rings is 1. The molecule has 4 rings (SSSR count). The van der Waals surface area contributed by atoms with Crippen LogP contribution < -0.4 is 4.90 Å². The number of nitrogens with zero attached hydrogens (tertiary/aromatic N) is 7. The molecule has 2 aromatic heterocycles. The van der Waals surface area contributed by atoms with Gasteiger partial charge in [-0.2, -0.15) is 5.10 Å². The first-order valence-corrected chi connectivity index (χ1v) is 12.6. The zero-order chi connectivity index (χ0) is 26.5. The number of amides is 2. The molecule has 3 aromatic rings. The number of pyridine rings is 1. The van der Waals surface area contributed by atoms with Crippen LogP contribution in [0.4, 0.5) is 10.1 Å². The van der Waals surface area contributed by atoms with E-state index in [1.54, 1.807) is 51.9 Å². The van der Waals surface area contributed by atoms with Crippen molar-refractivity contribution in [3.63, 3.8) is 0 Å². The lowest BCUT2D eigenvalue weighted by molar-refractivity contribution is -0.133. The number of rotatable bonds is 4. The normalized spacial score (nSPS) is 15.4. The largest absolute Gasteiger partial charge is 0.335 e. The lowest BCUT2D eigenvalue weighted by Crippen LogP contribution is -2.42. The highest BCUT2D eigenvalue weighted by Crippen LogP contribution is 2.26. The summed E-state index contributed by atoms with van der Waals surface area (Å²) in [5.74, 6) is 0.423. The van der Waals surface area contributed by atoms with Crippen molar-refractivity contribution in [1.82, 2.24) is 29.5 Å². The second-order valence-electron chi connectivity index (χ2n) is 9.61. The summed E-state index contributed by atoms with van der Waals surface area (Å²) in [6, 6.07) is 9.83. The fourth-order valence-electron chi connectivity index (χ4n) is 4.63. The predicted molar refractivity (Wildman–Crippen MR) is 139 cm³/mol. The highest BCUT2D eigenvalue weighted by Gasteiger charge is 2.26. The molecule has 1 aliphatic heterocycles. The molecule has 37 heavy (non-hydrogen) atoms. The first-order chi connectivity index (χ1) is 17.7. The van der Waals surface area contributed by atoms with Crippen LogP contribution in [-0.2, 0) is 17.9 Å². The maximum atomic E-state index is 14.5. The minimum Gasteiger partial charge on any atom is -0.335 e. The van der Waals surface area contributed by atoms with E-state index >= 15 is 0 Å². The molecule has 0 radical (unpaired) electrons. The highest BCUT2D eigenvalue weighted by atomic mass is 19.1. The van der Waals surface area contributed by atoms with Crippen molar-refractivity contribution >= 4 is 17.5 Å². The molecule has 2 amide bonds. The van der Waals surface area contributed by atoms with Gasteiger partial charge in [-0.05, 0) is 63.9 Å². The first-order valence-electron chi connectivity index (χ1n) is 12.6. The average Bonchev–Trinajstić information content (AvgIpc) is 3.17. The van der Waals surface area contributed by atoms with E-state index in [-0.39, 0.29) is 30.9 Å². The third kappa shape index (κ3) is 6.37. The maximum absolute atomic E-state index is 14.5. The van der Waals surface area contributed by atoms with Gasteiger partial charge in [-0.15, -0.1) is 0 Å². The summed E-state index contributed by atoms with van der Waals surface area (Å²) in [5.41, 5.74) is 1.45. The second-order valence-corrected chi connectivity index (χ2v) is 9.61. The van der Waals surface area contributed by atoms with Gasteiger partial charge >= 0.3 is 0 Å². The molecule has 1 aromatic carbocycles. The van der Waals surface area contributed by atoms with Crippen molar-refractivity contribution in [2.75, 3.05) is 31.1 Å². The van der Waals surface area contributed by atoms with Crippen LogP contribution in [-0.4, -0.2) is 73.6 Å². The van der Waals surface area contributed by atoms with Crippen molar-refractivity contribution in [1.29, 1.82) is 0 Å². The van der Waals surface area contributed by atoms with Crippen molar-refractivity contribution in [3.05, 3.63) is 71.3 Å². The number of carbonyl (C=O) groups excluding carboxylic acids is 2. The number of carbonyl (C=O) groups is 2. The van der Waals surface area contributed by atoms with Crippen LogP contribution >= 0.6 is 0 Å². The molecule has 0 N–H and O–H groups in total. The van der Waals surface area contributed by atoms with E-state index in [0.717, 1.165) is 6.54 Å². The van der Waals surface area contributed by atoms with Crippen molar-refractivity contribution < 1.29 is 14.0 Å². The van der Waals surface area contributed by atoms with Gasteiger partial charge in [0.05, 0.1) is 5.69 Å². The SMILES string of the molecule is Cc1nc(C)n(CC(=O)N2CCN(C(C)C)CCCN(C(=O)c3ccccn3)c3cc(F)ccc3C2)n1. The standard InChI is InChI=1S/C27H34FN7O2/c1-19(2)32-12-7-13-34(27(37)24-8-5-6-11-29-24)25-16-23(28)10-9-22(25)17-33(15-14-32)26(36)18-35-21(4)30-20(3)31-35/h5-6,8-11,16,19H,7,12-15,17-18H2,1-4H3. The molecule has 0 saturated heterocycles. The third-order valence-electron chi connectivity index (χ3n) is 6.64. The van der Waals surface area contributed by atoms with Crippen LogP contribution in [0.5, 0.6) is 0 Å². The van der Waals surface area contributed by atoms with Gasteiger partial charge in [-0.3, -0.25) is 19.5 Å². The van der Waals surface area contributed by atoms with E-state index < -0.39 is 5.82 Å². The fraction of sp³-hybridized carbons (Fsp3) is 0.444. The number of hydrogen-bond acceptors (Lipinski definition) is 6. The topological polar surface area (TPSA) is 87.5 Å². The molecule has 10 heteroatoms. The van der Waals surface area contributed by atoms with Gasteiger partial charge in [-0.25, -0.2) is 14.1 Å². The number of aromatic nitrogens is 4. The Bertz CT molecular complexity index is 1240. The van der Waals surface area contributed by atoms with E-state index in [2.05, 4.69) is 33.8 Å². The van der Waals surface area contributed by atoms with Crippen LogP contribution in [0.3, 0.4) is 0 Å². The first kappa shape index (κ1) is 26.4. The highest BCUT2D eigenvalue weighted by molar-refractivity contribution is 6.05. The van der Waals surface area contributed by atoms with Crippen molar-refractivity contribution in [2.24, 2.45) is 0 Å². The van der Waals surface area contributed by atoms with E-state index in [0.29, 0.717) is 54.6 Å². The quantitative estimate of drug-likeness (QED) is 0.539. The summed E-state index contributed by atoms with van der Waals surface area (Å²) in [5, 5.41) is 4.34. The van der Waals surface area contributed by atoms with Gasteiger partial charge in [0, 0.05) is 45.0 Å². The van der Waals surface area contributed by atoms with E-state index in [1.165, 1.54) is 12.1 Å². The van der Waals surface area contributed by atoms with Gasteiger partial charge < -0.3 is 9.80 Å². The van der Waals surface area contributed by atoms with E-state index in [9.17, 15) is 14.0 Å². The number of anilines is 1. The fourth-order valence-corrected chi connectivity index (χ4v) is 4.63.